The Morgan fingerprint density at radius 2 is 1.93 bits per heavy atom. The number of aromatic nitrogens is 2. The Kier molecular flexibility index (Phi) is 9.23. The number of nitrogens with zero attached hydrogens (tertiary/aromatic N) is 3. The smallest absolute Gasteiger partial charge is 0.416 e. The van der Waals surface area contributed by atoms with Crippen molar-refractivity contribution in [1.29, 1.82) is 0 Å². The molecule has 0 aliphatic carbocycles. The monoisotopic (exact) mass is 574 g/mol. The van der Waals surface area contributed by atoms with Crippen molar-refractivity contribution in [2.45, 2.75) is 32.0 Å². The van der Waals surface area contributed by atoms with Crippen molar-refractivity contribution >= 4 is 33.1 Å². The number of fused-ring (bicyclic) bond motifs is 1. The number of aliphatic hydroxyl groups is 1. The molecule has 0 spiro atoms. The van der Waals surface area contributed by atoms with Gasteiger partial charge in [0.15, 0.2) is 5.82 Å². The van der Waals surface area contributed by atoms with Crippen molar-refractivity contribution in [3.8, 4) is 11.6 Å². The molecule has 12 heteroatoms. The van der Waals surface area contributed by atoms with Gasteiger partial charge >= 0.3 is 12.1 Å². The van der Waals surface area contributed by atoms with Crippen molar-refractivity contribution in [3.05, 3.63) is 76.6 Å². The van der Waals surface area contributed by atoms with Gasteiger partial charge in [-0.15, -0.1) is 11.3 Å². The Balaban J connectivity index is 0.000000186. The van der Waals surface area contributed by atoms with Crippen LogP contribution in [-0.4, -0.2) is 51.2 Å². The second-order valence-corrected chi connectivity index (χ2v) is 10.5. The summed E-state index contributed by atoms with van der Waals surface area (Å²) in [4.78, 5) is 21.2. The minimum Gasteiger partial charge on any atom is -0.478 e. The quantitative estimate of drug-likeness (QED) is 0.245. The number of carboxylic acids is 1. The first-order valence-electron chi connectivity index (χ1n) is 12.5. The van der Waals surface area contributed by atoms with Gasteiger partial charge < -0.3 is 25.6 Å². The van der Waals surface area contributed by atoms with E-state index in [2.05, 4.69) is 14.9 Å². The molecule has 0 radical (unpaired) electrons. The van der Waals surface area contributed by atoms with Gasteiger partial charge in [-0.3, -0.25) is 0 Å². The zero-order valence-corrected chi connectivity index (χ0v) is 22.5. The van der Waals surface area contributed by atoms with Crippen molar-refractivity contribution < 1.29 is 32.9 Å². The molecule has 0 amide bonds. The van der Waals surface area contributed by atoms with Crippen LogP contribution in [0.15, 0.2) is 54.0 Å². The predicted octanol–water partition coefficient (Wildman–Crippen LogP) is 5.85. The van der Waals surface area contributed by atoms with Gasteiger partial charge in [0.1, 0.15) is 12.4 Å². The second kappa shape index (κ2) is 12.6. The third kappa shape index (κ3) is 7.46. The highest BCUT2D eigenvalue weighted by Crippen LogP contribution is 2.35. The first kappa shape index (κ1) is 29.2. The number of halogens is 3. The van der Waals surface area contributed by atoms with Gasteiger partial charge in [-0.1, -0.05) is 6.07 Å². The molecule has 1 saturated heterocycles. The fourth-order valence-corrected chi connectivity index (χ4v) is 5.45. The Hall–Kier alpha value is -3.74. The van der Waals surface area contributed by atoms with E-state index in [1.165, 1.54) is 23.6 Å². The highest BCUT2D eigenvalue weighted by Gasteiger charge is 2.34. The molecule has 4 N–H and O–H groups in total. The van der Waals surface area contributed by atoms with Crippen LogP contribution in [0.5, 0.6) is 11.6 Å². The lowest BCUT2D eigenvalue weighted by atomic mass is 9.88. The summed E-state index contributed by atoms with van der Waals surface area (Å²) in [6.07, 6.45) is -0.421. The van der Waals surface area contributed by atoms with Crippen molar-refractivity contribution in [1.82, 2.24) is 14.9 Å². The number of benzene rings is 2. The fraction of sp³-hybridized carbons (Fsp3) is 0.321. The van der Waals surface area contributed by atoms with E-state index in [4.69, 9.17) is 20.7 Å². The largest absolute Gasteiger partial charge is 0.478 e. The van der Waals surface area contributed by atoms with Gasteiger partial charge in [0, 0.05) is 33.4 Å². The summed E-state index contributed by atoms with van der Waals surface area (Å²) >= 11 is 1.34. The maximum absolute atomic E-state index is 13.0. The van der Waals surface area contributed by atoms with E-state index in [0.717, 1.165) is 36.7 Å². The average Bonchev–Trinajstić information content (AvgIpc) is 3.35. The van der Waals surface area contributed by atoms with Crippen LogP contribution in [0, 0.1) is 5.92 Å². The molecular formula is C28H29F3N4O4S. The first-order chi connectivity index (χ1) is 19.0. The van der Waals surface area contributed by atoms with Gasteiger partial charge in [0.25, 0.3) is 0 Å². The summed E-state index contributed by atoms with van der Waals surface area (Å²) in [6.45, 7) is 1.66. The number of aliphatic hydroxyl groups excluding tert-OH is 1. The SMILES string of the molecule is CN1CCC(Cc2ccc(N)cc2C(F)(F)F)CC1.O=C(O)c1csc2cc(Oc3ccnc(CO)n3)ccc12. The summed E-state index contributed by atoms with van der Waals surface area (Å²) < 4.78 is 45.4. The number of anilines is 1. The van der Waals surface area contributed by atoms with Crippen molar-refractivity contribution in [3.63, 3.8) is 0 Å². The third-order valence-electron chi connectivity index (χ3n) is 6.61. The zero-order chi connectivity index (χ0) is 28.9. The molecule has 8 nitrogen and oxygen atoms in total. The number of likely N-dealkylation sites (tertiary alicyclic amines) is 1. The molecule has 0 unspecified atom stereocenters. The van der Waals surface area contributed by atoms with Gasteiger partial charge in [-0.2, -0.15) is 18.2 Å². The number of thiophene rings is 1. The number of nitrogens with two attached hydrogens (primary N) is 1. The van der Waals surface area contributed by atoms with Gasteiger partial charge in [0.2, 0.25) is 5.88 Å². The molecule has 2 aromatic carbocycles. The van der Waals surface area contributed by atoms with Crippen LogP contribution in [0.4, 0.5) is 18.9 Å². The molecule has 5 rings (SSSR count). The molecule has 212 valence electrons. The van der Waals surface area contributed by atoms with Crippen LogP contribution in [-0.2, 0) is 19.2 Å². The summed E-state index contributed by atoms with van der Waals surface area (Å²) in [5.41, 5.74) is 5.71. The van der Waals surface area contributed by atoms with Crippen molar-refractivity contribution in [2.24, 2.45) is 5.92 Å². The maximum Gasteiger partial charge on any atom is 0.416 e. The normalized spacial score (nSPS) is 14.5. The molecule has 0 atom stereocenters. The number of alkyl halides is 3. The van der Waals surface area contributed by atoms with Gasteiger partial charge in [-0.25, -0.2) is 9.78 Å². The third-order valence-corrected chi connectivity index (χ3v) is 7.55. The number of hydrogen-bond acceptors (Lipinski definition) is 8. The van der Waals surface area contributed by atoms with Crippen LogP contribution in [0.3, 0.4) is 0 Å². The highest BCUT2D eigenvalue weighted by molar-refractivity contribution is 7.17. The predicted molar refractivity (Wildman–Crippen MR) is 147 cm³/mol. The lowest BCUT2D eigenvalue weighted by Crippen LogP contribution is -2.31. The lowest BCUT2D eigenvalue weighted by molar-refractivity contribution is -0.138. The number of nitrogen functional groups attached to an aromatic ring is 1. The van der Waals surface area contributed by atoms with Crippen LogP contribution < -0.4 is 10.5 Å². The Labute approximate surface area is 232 Å². The van der Waals surface area contributed by atoms with E-state index in [9.17, 15) is 18.0 Å². The highest BCUT2D eigenvalue weighted by atomic mass is 32.1. The van der Waals surface area contributed by atoms with E-state index in [1.807, 2.05) is 7.05 Å². The number of aromatic carboxylic acids is 1. The summed E-state index contributed by atoms with van der Waals surface area (Å²) in [6, 6.07) is 10.9. The molecule has 40 heavy (non-hydrogen) atoms. The molecule has 0 saturated carbocycles. The first-order valence-corrected chi connectivity index (χ1v) is 13.4. The Morgan fingerprint density at radius 1 is 1.18 bits per heavy atom. The summed E-state index contributed by atoms with van der Waals surface area (Å²) in [7, 11) is 2.04. The van der Waals surface area contributed by atoms with Crippen LogP contribution in [0.2, 0.25) is 0 Å². The number of rotatable bonds is 6. The number of ether oxygens (including phenoxy) is 1. The molecule has 4 aromatic rings. The maximum atomic E-state index is 13.0. The number of carbonyl (C=O) groups is 1. The Bertz CT molecular complexity index is 1470. The summed E-state index contributed by atoms with van der Waals surface area (Å²) in [5.74, 6) is 0.532. The Morgan fingerprint density at radius 3 is 2.60 bits per heavy atom. The lowest BCUT2D eigenvalue weighted by Gasteiger charge is -2.29. The van der Waals surface area contributed by atoms with E-state index < -0.39 is 17.7 Å². The molecule has 1 fully saturated rings. The standard InChI is InChI=1S/C14H19F3N2.C14H10N2O4S/c1-19-6-4-10(5-7-19)8-11-2-3-12(18)9-13(11)14(15,16)17;17-6-12-15-4-3-13(16-12)20-8-1-2-9-10(14(18)19)7-21-11(9)5-8/h2-3,9-10H,4-8,18H2,1H3;1-5,7,17H,6H2,(H,18,19). The second-order valence-electron chi connectivity index (χ2n) is 9.55. The van der Waals surface area contributed by atoms with Crippen LogP contribution in [0.1, 0.15) is 40.2 Å². The van der Waals surface area contributed by atoms with E-state index in [-0.39, 0.29) is 23.7 Å². The van der Waals surface area contributed by atoms with Crippen LogP contribution in [0.25, 0.3) is 10.1 Å². The molecular weight excluding hydrogens is 545 g/mol. The minimum absolute atomic E-state index is 0.166. The molecule has 3 heterocycles. The molecule has 2 aromatic heterocycles. The van der Waals surface area contributed by atoms with E-state index in [0.29, 0.717) is 34.9 Å². The van der Waals surface area contributed by atoms with E-state index in [1.54, 1.807) is 35.7 Å². The number of carboxylic acid groups (broad SMARTS) is 1. The summed E-state index contributed by atoms with van der Waals surface area (Å²) in [5, 5.41) is 20.3. The topological polar surface area (TPSA) is 122 Å². The van der Waals surface area contributed by atoms with E-state index >= 15 is 0 Å². The van der Waals surface area contributed by atoms with Crippen LogP contribution >= 0.6 is 11.3 Å². The van der Waals surface area contributed by atoms with Gasteiger partial charge in [-0.05, 0) is 81.2 Å². The molecule has 0 bridgehead atoms. The zero-order valence-electron chi connectivity index (χ0n) is 21.7. The molecule has 1 aliphatic heterocycles. The van der Waals surface area contributed by atoms with Crippen molar-refractivity contribution in [2.75, 3.05) is 25.9 Å². The average molecular weight is 575 g/mol. The molecule has 1 aliphatic rings. The minimum atomic E-state index is -4.32. The number of hydrogen-bond donors (Lipinski definition) is 3. The number of piperidine rings is 1. The van der Waals surface area contributed by atoms with Gasteiger partial charge in [0.05, 0.1) is 11.1 Å². The fourth-order valence-electron chi connectivity index (χ4n) is 4.48.